The number of pyridine rings is 1. The van der Waals surface area contributed by atoms with Crippen LogP contribution < -0.4 is 11.0 Å². The van der Waals surface area contributed by atoms with E-state index in [4.69, 9.17) is 0 Å². The van der Waals surface area contributed by atoms with Crippen LogP contribution in [0, 0.1) is 0 Å². The van der Waals surface area contributed by atoms with Crippen molar-refractivity contribution in [2.45, 2.75) is 31.3 Å². The first-order valence-corrected chi connectivity index (χ1v) is 7.20. The summed E-state index contributed by atoms with van der Waals surface area (Å²) < 4.78 is 1.61. The first-order valence-electron chi connectivity index (χ1n) is 6.21. The van der Waals surface area contributed by atoms with Gasteiger partial charge in [0.25, 0.3) is 0 Å². The molecule has 0 saturated heterocycles. The maximum absolute atomic E-state index is 11.4. The van der Waals surface area contributed by atoms with Gasteiger partial charge < -0.3 is 5.32 Å². The maximum Gasteiger partial charge on any atom is 0.343 e. The number of anilines is 1. The Kier molecular flexibility index (Phi) is 4.62. The molecule has 0 aliphatic carbocycles. The Hall–Kier alpha value is -1.76. The lowest BCUT2D eigenvalue weighted by Gasteiger charge is -2.05. The van der Waals surface area contributed by atoms with Gasteiger partial charge in [0, 0.05) is 30.7 Å². The molecule has 0 atom stereocenters. The van der Waals surface area contributed by atoms with E-state index in [9.17, 15) is 4.79 Å². The number of rotatable bonds is 6. The second kappa shape index (κ2) is 6.42. The molecule has 0 aromatic carbocycles. The standard InChI is InChI=1S/C12H17N5OS/c1-3-13-9-5-6-14-10(7-9)8-19-12-16-15-11(18)17(12)4-2/h5-7H,3-4,8H2,1-2H3,(H,13,14)(H,15,18). The van der Waals surface area contributed by atoms with Crippen LogP contribution >= 0.6 is 11.8 Å². The highest BCUT2D eigenvalue weighted by Crippen LogP contribution is 2.19. The zero-order valence-electron chi connectivity index (χ0n) is 11.0. The van der Waals surface area contributed by atoms with Gasteiger partial charge in [-0.05, 0) is 26.0 Å². The number of nitrogens with one attached hydrogen (secondary N) is 2. The van der Waals surface area contributed by atoms with Gasteiger partial charge in [0.05, 0.1) is 5.69 Å². The van der Waals surface area contributed by atoms with E-state index >= 15 is 0 Å². The van der Waals surface area contributed by atoms with Gasteiger partial charge in [-0.25, -0.2) is 9.89 Å². The summed E-state index contributed by atoms with van der Waals surface area (Å²) in [5, 5.41) is 10.4. The molecule has 6 nitrogen and oxygen atoms in total. The second-order valence-corrected chi connectivity index (χ2v) is 4.85. The van der Waals surface area contributed by atoms with Crippen molar-refractivity contribution in [2.75, 3.05) is 11.9 Å². The Bertz CT molecular complexity index is 592. The summed E-state index contributed by atoms with van der Waals surface area (Å²) >= 11 is 1.50. The van der Waals surface area contributed by atoms with E-state index in [-0.39, 0.29) is 5.69 Å². The minimum atomic E-state index is -0.167. The molecular formula is C12H17N5OS. The Morgan fingerprint density at radius 2 is 2.32 bits per heavy atom. The number of thioether (sulfide) groups is 1. The Balaban J connectivity index is 2.05. The normalized spacial score (nSPS) is 10.6. The number of hydrogen-bond acceptors (Lipinski definition) is 5. The van der Waals surface area contributed by atoms with Crippen molar-refractivity contribution in [1.29, 1.82) is 0 Å². The molecule has 0 amide bonds. The summed E-state index contributed by atoms with van der Waals surface area (Å²) in [4.78, 5) is 15.7. The molecule has 102 valence electrons. The highest BCUT2D eigenvalue weighted by molar-refractivity contribution is 7.98. The zero-order valence-corrected chi connectivity index (χ0v) is 11.8. The van der Waals surface area contributed by atoms with Gasteiger partial charge in [0.15, 0.2) is 5.16 Å². The van der Waals surface area contributed by atoms with Crippen molar-refractivity contribution in [3.05, 3.63) is 34.5 Å². The number of nitrogens with zero attached hydrogens (tertiary/aromatic N) is 3. The van der Waals surface area contributed by atoms with Crippen LogP contribution in [0.2, 0.25) is 0 Å². The predicted molar refractivity (Wildman–Crippen MR) is 76.5 cm³/mol. The molecule has 0 unspecified atom stereocenters. The summed E-state index contributed by atoms with van der Waals surface area (Å²) in [5.41, 5.74) is 1.85. The van der Waals surface area contributed by atoms with Crippen LogP contribution in [0.1, 0.15) is 19.5 Å². The van der Waals surface area contributed by atoms with Crippen LogP contribution in [0.4, 0.5) is 5.69 Å². The molecule has 2 heterocycles. The topological polar surface area (TPSA) is 75.6 Å². The molecule has 19 heavy (non-hydrogen) atoms. The predicted octanol–water partition coefficient (Wildman–Crippen LogP) is 1.71. The molecule has 7 heteroatoms. The van der Waals surface area contributed by atoms with Crippen LogP contribution in [0.3, 0.4) is 0 Å². The molecule has 2 aromatic heterocycles. The minimum Gasteiger partial charge on any atom is -0.385 e. The minimum absolute atomic E-state index is 0.167. The van der Waals surface area contributed by atoms with E-state index < -0.39 is 0 Å². The van der Waals surface area contributed by atoms with E-state index in [1.54, 1.807) is 10.8 Å². The Morgan fingerprint density at radius 3 is 3.05 bits per heavy atom. The Labute approximate surface area is 115 Å². The Morgan fingerprint density at radius 1 is 1.47 bits per heavy atom. The highest BCUT2D eigenvalue weighted by Gasteiger charge is 2.07. The average Bonchev–Trinajstić information content (AvgIpc) is 2.77. The number of aromatic amines is 1. The molecule has 2 N–H and O–H groups in total. The molecule has 2 aromatic rings. The molecule has 0 radical (unpaired) electrons. The first kappa shape index (κ1) is 13.7. The van der Waals surface area contributed by atoms with Crippen molar-refractivity contribution < 1.29 is 0 Å². The smallest absolute Gasteiger partial charge is 0.343 e. The van der Waals surface area contributed by atoms with Crippen LogP contribution in [0.15, 0.2) is 28.3 Å². The number of aromatic nitrogens is 4. The summed E-state index contributed by atoms with van der Waals surface area (Å²) in [6.07, 6.45) is 1.78. The molecule has 0 spiro atoms. The van der Waals surface area contributed by atoms with Crippen LogP contribution in [-0.4, -0.2) is 26.3 Å². The zero-order chi connectivity index (χ0) is 13.7. The molecular weight excluding hydrogens is 262 g/mol. The van der Waals surface area contributed by atoms with Gasteiger partial charge >= 0.3 is 5.69 Å². The maximum atomic E-state index is 11.4. The van der Waals surface area contributed by atoms with E-state index in [1.165, 1.54) is 11.8 Å². The number of hydrogen-bond donors (Lipinski definition) is 2. The third kappa shape index (κ3) is 3.37. The van der Waals surface area contributed by atoms with Crippen molar-refractivity contribution in [3.63, 3.8) is 0 Å². The summed E-state index contributed by atoms with van der Waals surface area (Å²) in [6, 6.07) is 3.95. The lowest BCUT2D eigenvalue weighted by atomic mass is 10.3. The quantitative estimate of drug-likeness (QED) is 0.787. The molecule has 0 bridgehead atoms. The van der Waals surface area contributed by atoms with Gasteiger partial charge in [-0.1, -0.05) is 11.8 Å². The van der Waals surface area contributed by atoms with E-state index in [2.05, 4.69) is 27.4 Å². The molecule has 2 rings (SSSR count). The molecule has 0 fully saturated rings. The fourth-order valence-corrected chi connectivity index (χ4v) is 2.61. The van der Waals surface area contributed by atoms with Gasteiger partial charge in [-0.3, -0.25) is 9.55 Å². The summed E-state index contributed by atoms with van der Waals surface area (Å²) in [5.74, 6) is 0.684. The van der Waals surface area contributed by atoms with Crippen molar-refractivity contribution in [2.24, 2.45) is 0 Å². The lowest BCUT2D eigenvalue weighted by Crippen LogP contribution is -2.16. The first-order chi connectivity index (χ1) is 9.24. The molecule has 0 aliphatic rings. The largest absolute Gasteiger partial charge is 0.385 e. The second-order valence-electron chi connectivity index (χ2n) is 3.91. The van der Waals surface area contributed by atoms with Crippen LogP contribution in [0.25, 0.3) is 0 Å². The van der Waals surface area contributed by atoms with Gasteiger partial charge in [0.1, 0.15) is 0 Å². The van der Waals surface area contributed by atoms with Crippen molar-refractivity contribution in [3.8, 4) is 0 Å². The fraction of sp³-hybridized carbons (Fsp3) is 0.417. The summed E-state index contributed by atoms with van der Waals surface area (Å²) in [6.45, 7) is 5.47. The molecule has 0 saturated carbocycles. The summed E-state index contributed by atoms with van der Waals surface area (Å²) in [7, 11) is 0. The van der Waals surface area contributed by atoms with E-state index in [0.717, 1.165) is 17.9 Å². The monoisotopic (exact) mass is 279 g/mol. The van der Waals surface area contributed by atoms with E-state index in [0.29, 0.717) is 17.5 Å². The fourth-order valence-electron chi connectivity index (χ4n) is 1.70. The van der Waals surface area contributed by atoms with Crippen LogP contribution in [-0.2, 0) is 12.3 Å². The average molecular weight is 279 g/mol. The highest BCUT2D eigenvalue weighted by atomic mass is 32.2. The molecule has 0 aliphatic heterocycles. The van der Waals surface area contributed by atoms with Crippen LogP contribution in [0.5, 0.6) is 0 Å². The lowest BCUT2D eigenvalue weighted by molar-refractivity contribution is 0.660. The van der Waals surface area contributed by atoms with Gasteiger partial charge in [-0.15, -0.1) is 5.10 Å². The number of H-pyrrole nitrogens is 1. The third-order valence-electron chi connectivity index (χ3n) is 2.59. The van der Waals surface area contributed by atoms with Crippen molar-refractivity contribution in [1.82, 2.24) is 19.7 Å². The van der Waals surface area contributed by atoms with Gasteiger partial charge in [-0.2, -0.15) is 0 Å². The SMILES string of the molecule is CCNc1ccnc(CSc2n[nH]c(=O)n2CC)c1. The van der Waals surface area contributed by atoms with Gasteiger partial charge in [0.2, 0.25) is 0 Å². The third-order valence-corrected chi connectivity index (χ3v) is 3.60. The van der Waals surface area contributed by atoms with Crippen molar-refractivity contribution >= 4 is 17.4 Å². The van der Waals surface area contributed by atoms with E-state index in [1.807, 2.05) is 19.1 Å².